The van der Waals surface area contributed by atoms with Gasteiger partial charge in [0.15, 0.2) is 0 Å². The topological polar surface area (TPSA) is 15.3 Å². The van der Waals surface area contributed by atoms with Crippen LogP contribution in [-0.2, 0) is 0 Å². The van der Waals surface area contributed by atoms with Gasteiger partial charge in [0.1, 0.15) is 0 Å². The molecule has 1 aliphatic rings. The van der Waals surface area contributed by atoms with Gasteiger partial charge in [-0.1, -0.05) is 60.7 Å². The number of hydrogen-bond acceptors (Lipinski definition) is 2. The lowest BCUT2D eigenvalue weighted by Gasteiger charge is -2.35. The van der Waals surface area contributed by atoms with E-state index in [0.29, 0.717) is 13.1 Å². The number of piperidine rings is 1. The second-order valence-corrected chi connectivity index (χ2v) is 6.59. The average molecular weight is 348 g/mol. The fourth-order valence-electron chi connectivity index (χ4n) is 3.42. The minimum Gasteiger partial charge on any atom is -0.303 e. The largest absolute Gasteiger partial charge is 0.401 e. The molecule has 1 fully saturated rings. The molecule has 2 aromatic rings. The number of hydrogen-bond donors (Lipinski definition) is 1. The van der Waals surface area contributed by atoms with E-state index < -0.39 is 12.7 Å². The van der Waals surface area contributed by atoms with Crippen molar-refractivity contribution in [3.63, 3.8) is 0 Å². The lowest BCUT2D eigenvalue weighted by molar-refractivity contribution is -0.148. The van der Waals surface area contributed by atoms with Crippen molar-refractivity contribution in [2.24, 2.45) is 0 Å². The molecule has 2 aromatic carbocycles. The van der Waals surface area contributed by atoms with Crippen LogP contribution >= 0.6 is 0 Å². The molecule has 0 saturated carbocycles. The number of likely N-dealkylation sites (tertiary alicyclic amines) is 1. The van der Waals surface area contributed by atoms with Crippen molar-refractivity contribution in [3.8, 4) is 0 Å². The van der Waals surface area contributed by atoms with Gasteiger partial charge in [-0.15, -0.1) is 0 Å². The summed E-state index contributed by atoms with van der Waals surface area (Å²) in [7, 11) is 0. The molecule has 134 valence electrons. The van der Waals surface area contributed by atoms with Crippen LogP contribution in [0.1, 0.15) is 30.0 Å². The molecule has 2 nitrogen and oxygen atoms in total. The number of halogens is 3. The molecule has 0 aliphatic carbocycles. The Bertz CT molecular complexity index is 595. The molecule has 1 saturated heterocycles. The number of nitrogens with zero attached hydrogens (tertiary/aromatic N) is 1. The van der Waals surface area contributed by atoms with Crippen molar-refractivity contribution in [1.82, 2.24) is 10.2 Å². The maximum atomic E-state index is 12.5. The molecule has 3 rings (SSSR count). The van der Waals surface area contributed by atoms with Crippen molar-refractivity contribution in [2.75, 3.05) is 19.6 Å². The van der Waals surface area contributed by atoms with E-state index in [0.717, 1.165) is 12.8 Å². The van der Waals surface area contributed by atoms with Gasteiger partial charge in [0.05, 0.1) is 12.6 Å². The maximum Gasteiger partial charge on any atom is 0.401 e. The normalized spacial score (nSPS) is 17.1. The lowest BCUT2D eigenvalue weighted by Crippen LogP contribution is -2.46. The highest BCUT2D eigenvalue weighted by Gasteiger charge is 2.33. The third-order valence-corrected chi connectivity index (χ3v) is 4.66. The summed E-state index contributed by atoms with van der Waals surface area (Å²) in [6, 6.07) is 20.6. The van der Waals surface area contributed by atoms with Crippen LogP contribution in [0.25, 0.3) is 0 Å². The van der Waals surface area contributed by atoms with E-state index in [9.17, 15) is 13.2 Å². The quantitative estimate of drug-likeness (QED) is 0.862. The van der Waals surface area contributed by atoms with Gasteiger partial charge in [0.2, 0.25) is 0 Å². The third kappa shape index (κ3) is 5.31. The molecule has 1 N–H and O–H groups in total. The first-order valence-electron chi connectivity index (χ1n) is 8.66. The summed E-state index contributed by atoms with van der Waals surface area (Å²) in [6.45, 7) is 0.154. The number of rotatable bonds is 5. The van der Waals surface area contributed by atoms with Crippen LogP contribution in [-0.4, -0.2) is 36.8 Å². The summed E-state index contributed by atoms with van der Waals surface area (Å²) < 4.78 is 37.6. The molecule has 5 heteroatoms. The van der Waals surface area contributed by atoms with E-state index >= 15 is 0 Å². The van der Waals surface area contributed by atoms with Gasteiger partial charge < -0.3 is 5.32 Å². The molecule has 0 bridgehead atoms. The smallest absolute Gasteiger partial charge is 0.303 e. The van der Waals surface area contributed by atoms with Crippen molar-refractivity contribution in [3.05, 3.63) is 71.8 Å². The van der Waals surface area contributed by atoms with Gasteiger partial charge in [0, 0.05) is 6.04 Å². The summed E-state index contributed by atoms with van der Waals surface area (Å²) in [5, 5.41) is 3.66. The van der Waals surface area contributed by atoms with E-state index in [1.54, 1.807) is 0 Å². The summed E-state index contributed by atoms with van der Waals surface area (Å²) in [5.74, 6) is 0. The summed E-state index contributed by atoms with van der Waals surface area (Å²) in [5.41, 5.74) is 2.35. The minimum atomic E-state index is -4.11. The van der Waals surface area contributed by atoms with Crippen molar-refractivity contribution in [1.29, 1.82) is 0 Å². The van der Waals surface area contributed by atoms with E-state index in [2.05, 4.69) is 29.6 Å². The van der Waals surface area contributed by atoms with Crippen LogP contribution in [0.5, 0.6) is 0 Å². The number of nitrogens with one attached hydrogen (secondary N) is 1. The first-order valence-corrected chi connectivity index (χ1v) is 8.66. The zero-order valence-electron chi connectivity index (χ0n) is 14.0. The Kier molecular flexibility index (Phi) is 5.76. The highest BCUT2D eigenvalue weighted by atomic mass is 19.4. The predicted molar refractivity (Wildman–Crippen MR) is 93.4 cm³/mol. The zero-order chi connectivity index (χ0) is 17.7. The molecule has 0 aromatic heterocycles. The van der Waals surface area contributed by atoms with Crippen LogP contribution in [0.3, 0.4) is 0 Å². The molecule has 0 atom stereocenters. The molecular formula is C20H23F3N2. The first-order chi connectivity index (χ1) is 12.0. The molecule has 0 radical (unpaired) electrons. The van der Waals surface area contributed by atoms with Gasteiger partial charge in [-0.05, 0) is 37.1 Å². The van der Waals surface area contributed by atoms with Crippen molar-refractivity contribution in [2.45, 2.75) is 31.1 Å². The van der Waals surface area contributed by atoms with Crippen molar-refractivity contribution >= 4 is 0 Å². The lowest BCUT2D eigenvalue weighted by atomic mass is 9.95. The second-order valence-electron chi connectivity index (χ2n) is 6.59. The highest BCUT2D eigenvalue weighted by Crippen LogP contribution is 2.25. The van der Waals surface area contributed by atoms with E-state index in [-0.39, 0.29) is 12.1 Å². The number of benzene rings is 2. The Morgan fingerprint density at radius 2 is 1.36 bits per heavy atom. The summed E-state index contributed by atoms with van der Waals surface area (Å²) in [6.07, 6.45) is -2.66. The average Bonchev–Trinajstić information content (AvgIpc) is 2.61. The van der Waals surface area contributed by atoms with Gasteiger partial charge in [-0.3, -0.25) is 4.90 Å². The first kappa shape index (κ1) is 18.0. The van der Waals surface area contributed by atoms with Crippen LogP contribution in [0.4, 0.5) is 13.2 Å². The molecular weight excluding hydrogens is 325 g/mol. The SMILES string of the molecule is FC(F)(F)CN1CCC(NC(c2ccccc2)c2ccccc2)CC1. The molecule has 25 heavy (non-hydrogen) atoms. The molecule has 1 aliphatic heterocycles. The van der Waals surface area contributed by atoms with Crippen molar-refractivity contribution < 1.29 is 13.2 Å². The molecule has 0 spiro atoms. The standard InChI is InChI=1S/C20H23F3N2/c21-20(22,23)15-25-13-11-18(12-14-25)24-19(16-7-3-1-4-8-16)17-9-5-2-6-10-17/h1-10,18-19,24H,11-15H2. The Balaban J connectivity index is 1.66. The van der Waals surface area contributed by atoms with E-state index in [1.165, 1.54) is 16.0 Å². The Labute approximate surface area is 146 Å². The highest BCUT2D eigenvalue weighted by molar-refractivity contribution is 5.31. The Hall–Kier alpha value is -1.85. The van der Waals surface area contributed by atoms with Crippen LogP contribution in [0.15, 0.2) is 60.7 Å². The molecule has 1 heterocycles. The summed E-state index contributed by atoms with van der Waals surface area (Å²) in [4.78, 5) is 1.50. The third-order valence-electron chi connectivity index (χ3n) is 4.66. The maximum absolute atomic E-state index is 12.5. The Morgan fingerprint density at radius 1 is 0.880 bits per heavy atom. The fourth-order valence-corrected chi connectivity index (χ4v) is 3.42. The van der Waals surface area contributed by atoms with Gasteiger partial charge in [-0.2, -0.15) is 13.2 Å². The van der Waals surface area contributed by atoms with Crippen LogP contribution in [0, 0.1) is 0 Å². The fraction of sp³-hybridized carbons (Fsp3) is 0.400. The van der Waals surface area contributed by atoms with E-state index in [4.69, 9.17) is 0 Å². The molecule has 0 amide bonds. The number of alkyl halides is 3. The predicted octanol–water partition coefficient (Wildman–Crippen LogP) is 4.39. The van der Waals surface area contributed by atoms with Gasteiger partial charge >= 0.3 is 6.18 Å². The van der Waals surface area contributed by atoms with E-state index in [1.807, 2.05) is 36.4 Å². The molecule has 0 unspecified atom stereocenters. The zero-order valence-corrected chi connectivity index (χ0v) is 14.0. The summed E-state index contributed by atoms with van der Waals surface area (Å²) >= 11 is 0. The minimum absolute atomic E-state index is 0.0570. The monoisotopic (exact) mass is 348 g/mol. The van der Waals surface area contributed by atoms with Gasteiger partial charge in [0.25, 0.3) is 0 Å². The van der Waals surface area contributed by atoms with Crippen LogP contribution < -0.4 is 5.32 Å². The van der Waals surface area contributed by atoms with Gasteiger partial charge in [-0.25, -0.2) is 0 Å². The Morgan fingerprint density at radius 3 is 1.80 bits per heavy atom. The second kappa shape index (κ2) is 8.02. The van der Waals surface area contributed by atoms with Crippen LogP contribution in [0.2, 0.25) is 0 Å².